The molecule has 2 amide bonds. The topological polar surface area (TPSA) is 111 Å². The zero-order valence-electron chi connectivity index (χ0n) is 14.5. The first-order valence-electron chi connectivity index (χ1n) is 8.04. The van der Waals surface area contributed by atoms with Crippen LogP contribution in [0.15, 0.2) is 51.8 Å². The van der Waals surface area contributed by atoms with E-state index in [-0.39, 0.29) is 23.9 Å². The lowest BCUT2D eigenvalue weighted by molar-refractivity contribution is -0.383. The van der Waals surface area contributed by atoms with Gasteiger partial charge in [0.15, 0.2) is 6.61 Å². The summed E-state index contributed by atoms with van der Waals surface area (Å²) in [5.74, 6) is -0.500. The van der Waals surface area contributed by atoms with E-state index in [2.05, 4.69) is 26.6 Å². The average molecular weight is 494 g/mol. The monoisotopic (exact) mass is 493 g/mol. The Labute approximate surface area is 183 Å². The second kappa shape index (κ2) is 9.16. The molecule has 29 heavy (non-hydrogen) atoms. The Morgan fingerprint density at radius 1 is 1.34 bits per heavy atom. The van der Waals surface area contributed by atoms with Crippen LogP contribution in [0, 0.1) is 10.1 Å². The molecule has 2 N–H and O–H groups in total. The zero-order chi connectivity index (χ0) is 21.0. The summed E-state index contributed by atoms with van der Waals surface area (Å²) in [6.07, 6.45) is 1.61. The number of thiocarbonyl (C=S) groups is 1. The van der Waals surface area contributed by atoms with Gasteiger partial charge in [0.25, 0.3) is 17.5 Å². The molecule has 1 aliphatic rings. The number of rotatable bonds is 6. The number of nitro groups is 1. The molecule has 2 aromatic rings. The predicted molar refractivity (Wildman–Crippen MR) is 118 cm³/mol. The van der Waals surface area contributed by atoms with Crippen molar-refractivity contribution in [2.45, 2.75) is 0 Å². The van der Waals surface area contributed by atoms with Crippen LogP contribution in [0.5, 0.6) is 5.75 Å². The molecule has 0 bridgehead atoms. The van der Waals surface area contributed by atoms with Crippen molar-refractivity contribution in [2.75, 3.05) is 11.9 Å². The minimum Gasteiger partial charge on any atom is -0.483 e. The van der Waals surface area contributed by atoms with E-state index >= 15 is 0 Å². The van der Waals surface area contributed by atoms with Crippen molar-refractivity contribution < 1.29 is 19.2 Å². The predicted octanol–water partition coefficient (Wildman–Crippen LogP) is 3.86. The second-order valence-electron chi connectivity index (χ2n) is 5.65. The van der Waals surface area contributed by atoms with Gasteiger partial charge in [0, 0.05) is 16.1 Å². The Bertz CT molecular complexity index is 1060. The zero-order valence-corrected chi connectivity index (χ0v) is 17.7. The lowest BCUT2D eigenvalue weighted by atomic mass is 10.2. The molecule has 0 aliphatic carbocycles. The van der Waals surface area contributed by atoms with Crippen molar-refractivity contribution in [3.8, 4) is 5.75 Å². The van der Waals surface area contributed by atoms with Crippen molar-refractivity contribution in [3.63, 3.8) is 0 Å². The van der Waals surface area contributed by atoms with Crippen LogP contribution in [0.25, 0.3) is 6.08 Å². The molecule has 0 saturated carbocycles. The number of anilines is 1. The summed E-state index contributed by atoms with van der Waals surface area (Å²) in [6, 6.07) is 10.9. The number of thioether (sulfide) groups is 1. The van der Waals surface area contributed by atoms with Gasteiger partial charge in [-0.15, -0.1) is 0 Å². The van der Waals surface area contributed by atoms with Gasteiger partial charge in [0.1, 0.15) is 15.8 Å². The average Bonchev–Trinajstić information content (AvgIpc) is 2.98. The van der Waals surface area contributed by atoms with E-state index in [0.717, 1.165) is 16.2 Å². The maximum absolute atomic E-state index is 12.2. The molecule has 0 unspecified atom stereocenters. The Balaban J connectivity index is 1.74. The fourth-order valence-corrected chi connectivity index (χ4v) is 3.81. The van der Waals surface area contributed by atoms with Crippen LogP contribution in [0.3, 0.4) is 0 Å². The molecular weight excluding hydrogens is 482 g/mol. The van der Waals surface area contributed by atoms with Crippen molar-refractivity contribution in [1.82, 2.24) is 5.32 Å². The molecule has 148 valence electrons. The number of ether oxygens (including phenoxy) is 1. The van der Waals surface area contributed by atoms with E-state index in [1.54, 1.807) is 30.3 Å². The second-order valence-corrected chi connectivity index (χ2v) is 8.28. The minimum absolute atomic E-state index is 0.0804. The summed E-state index contributed by atoms with van der Waals surface area (Å²) in [5, 5.41) is 16.0. The van der Waals surface area contributed by atoms with E-state index < -0.39 is 10.8 Å². The van der Waals surface area contributed by atoms with E-state index in [1.807, 2.05) is 0 Å². The number of para-hydroxylation sites is 2. The first-order valence-corrected chi connectivity index (χ1v) is 10.1. The maximum Gasteiger partial charge on any atom is 0.292 e. The molecule has 0 radical (unpaired) electrons. The summed E-state index contributed by atoms with van der Waals surface area (Å²) in [4.78, 5) is 35.0. The quantitative estimate of drug-likeness (QED) is 0.272. The van der Waals surface area contributed by atoms with Gasteiger partial charge in [0.2, 0.25) is 0 Å². The lowest BCUT2D eigenvalue weighted by Gasteiger charge is -2.11. The number of hydrogen-bond donors (Lipinski definition) is 2. The summed E-state index contributed by atoms with van der Waals surface area (Å²) in [5.41, 5.74) is 0.437. The van der Waals surface area contributed by atoms with Crippen LogP contribution in [-0.4, -0.2) is 27.7 Å². The Hall–Kier alpha value is -2.76. The summed E-state index contributed by atoms with van der Waals surface area (Å²) in [6.45, 7) is -0.373. The van der Waals surface area contributed by atoms with Crippen molar-refractivity contribution in [3.05, 3.63) is 67.5 Å². The Morgan fingerprint density at radius 3 is 2.79 bits per heavy atom. The van der Waals surface area contributed by atoms with Crippen LogP contribution >= 0.6 is 39.9 Å². The van der Waals surface area contributed by atoms with Gasteiger partial charge in [-0.2, -0.15) is 0 Å². The van der Waals surface area contributed by atoms with Crippen LogP contribution in [-0.2, 0) is 9.59 Å². The molecule has 0 aromatic heterocycles. The highest BCUT2D eigenvalue weighted by Crippen LogP contribution is 2.31. The van der Waals surface area contributed by atoms with Gasteiger partial charge in [-0.1, -0.05) is 52.0 Å². The molecule has 1 heterocycles. The molecule has 1 aliphatic heterocycles. The Kier molecular flexibility index (Phi) is 6.62. The Morgan fingerprint density at radius 2 is 2.10 bits per heavy atom. The number of hydrogen-bond acceptors (Lipinski definition) is 7. The fraction of sp³-hybridized carbons (Fsp3) is 0.0556. The maximum atomic E-state index is 12.2. The fourth-order valence-electron chi connectivity index (χ4n) is 2.39. The lowest BCUT2D eigenvalue weighted by Crippen LogP contribution is -2.21. The molecule has 8 nitrogen and oxygen atoms in total. The largest absolute Gasteiger partial charge is 0.483 e. The van der Waals surface area contributed by atoms with Gasteiger partial charge < -0.3 is 15.4 Å². The van der Waals surface area contributed by atoms with Gasteiger partial charge in [-0.3, -0.25) is 19.7 Å². The van der Waals surface area contributed by atoms with Gasteiger partial charge in [-0.25, -0.2) is 0 Å². The van der Waals surface area contributed by atoms with E-state index in [4.69, 9.17) is 17.0 Å². The van der Waals surface area contributed by atoms with Crippen molar-refractivity contribution in [2.24, 2.45) is 0 Å². The van der Waals surface area contributed by atoms with Crippen LogP contribution in [0.1, 0.15) is 5.56 Å². The van der Waals surface area contributed by atoms with Gasteiger partial charge >= 0.3 is 0 Å². The number of halogens is 1. The van der Waals surface area contributed by atoms with Crippen LogP contribution in [0.2, 0.25) is 0 Å². The molecule has 2 aromatic carbocycles. The molecule has 11 heteroatoms. The third kappa shape index (κ3) is 5.40. The first kappa shape index (κ1) is 21.0. The third-order valence-corrected chi connectivity index (χ3v) is 5.29. The number of carbonyl (C=O) groups is 2. The number of nitrogens with one attached hydrogen (secondary N) is 2. The van der Waals surface area contributed by atoms with Crippen molar-refractivity contribution >= 4 is 73.5 Å². The molecule has 3 rings (SSSR count). The van der Waals surface area contributed by atoms with Crippen LogP contribution < -0.4 is 15.4 Å². The first-order chi connectivity index (χ1) is 13.8. The number of carbonyl (C=O) groups excluding carboxylic acids is 2. The minimum atomic E-state index is -0.579. The van der Waals surface area contributed by atoms with E-state index in [9.17, 15) is 19.7 Å². The highest BCUT2D eigenvalue weighted by Gasteiger charge is 2.23. The van der Waals surface area contributed by atoms with E-state index in [0.29, 0.717) is 20.5 Å². The number of benzene rings is 2. The summed E-state index contributed by atoms with van der Waals surface area (Å²) >= 11 is 9.46. The smallest absolute Gasteiger partial charge is 0.292 e. The number of amides is 2. The molecule has 0 spiro atoms. The highest BCUT2D eigenvalue weighted by molar-refractivity contribution is 9.10. The number of nitrogens with zero attached hydrogens (tertiary/aromatic N) is 1. The molecule has 0 atom stereocenters. The standard InChI is InChI=1S/C18H12BrN3O5S2/c19-11-5-6-14(10(7-11)8-15-17(24)21-18(28)29-15)27-9-16(23)20-12-3-1-2-4-13(12)22(25)26/h1-8H,9H2,(H,20,23)(H,21,24,28)/b15-8-. The van der Waals surface area contributed by atoms with E-state index in [1.165, 1.54) is 18.2 Å². The summed E-state index contributed by atoms with van der Waals surface area (Å²) < 4.78 is 6.70. The third-order valence-electron chi connectivity index (χ3n) is 3.63. The van der Waals surface area contributed by atoms with Crippen molar-refractivity contribution in [1.29, 1.82) is 0 Å². The van der Waals surface area contributed by atoms with Crippen LogP contribution in [0.4, 0.5) is 11.4 Å². The molecule has 1 saturated heterocycles. The normalized spacial score (nSPS) is 14.6. The highest BCUT2D eigenvalue weighted by atomic mass is 79.9. The molecular formula is C18H12BrN3O5S2. The molecule has 1 fully saturated rings. The summed E-state index contributed by atoms with van der Waals surface area (Å²) in [7, 11) is 0. The van der Waals surface area contributed by atoms with Gasteiger partial charge in [0.05, 0.1) is 9.83 Å². The van der Waals surface area contributed by atoms with Gasteiger partial charge in [-0.05, 0) is 30.3 Å². The SMILES string of the molecule is O=C(COc1ccc(Br)cc1/C=C1\SC(=S)NC1=O)Nc1ccccc1[N+](=O)[O-]. The number of nitro benzene ring substituents is 1.